The van der Waals surface area contributed by atoms with Crippen LogP contribution < -0.4 is 5.32 Å². The Kier molecular flexibility index (Phi) is 5.13. The van der Waals surface area contributed by atoms with Crippen molar-refractivity contribution in [3.8, 4) is 0 Å². The number of amides is 1. The lowest BCUT2D eigenvalue weighted by atomic mass is 9.91. The summed E-state index contributed by atoms with van der Waals surface area (Å²) in [6, 6.07) is 9.67. The Morgan fingerprint density at radius 1 is 1.48 bits per heavy atom. The SMILES string of the molecule is C=S1OC[C@@H]2[C@@H](O1)[C@H](O)[C@@H](NC(C)=O)CN2Cc1ccccc1. The van der Waals surface area contributed by atoms with Crippen molar-refractivity contribution in [2.24, 2.45) is 0 Å². The van der Waals surface area contributed by atoms with E-state index in [9.17, 15) is 9.90 Å². The van der Waals surface area contributed by atoms with Crippen molar-refractivity contribution in [1.29, 1.82) is 0 Å². The molecule has 2 aliphatic rings. The fourth-order valence-electron chi connectivity index (χ4n) is 3.17. The molecule has 0 aromatic heterocycles. The molecule has 2 fully saturated rings. The zero-order valence-electron chi connectivity index (χ0n) is 13.1. The summed E-state index contributed by atoms with van der Waals surface area (Å²) in [5, 5.41) is 13.4. The number of carbonyl (C=O) groups excluding carboxylic acids is 1. The molecule has 2 saturated heterocycles. The van der Waals surface area contributed by atoms with Gasteiger partial charge >= 0.3 is 0 Å². The number of aliphatic hydroxyl groups is 1. The fraction of sp³-hybridized carbons (Fsp3) is 0.500. The summed E-state index contributed by atoms with van der Waals surface area (Å²) in [4.78, 5) is 13.6. The van der Waals surface area contributed by atoms with Crippen LogP contribution in [0.4, 0.5) is 0 Å². The number of carbonyl (C=O) groups is 1. The van der Waals surface area contributed by atoms with E-state index in [2.05, 4.69) is 28.2 Å². The summed E-state index contributed by atoms with van der Waals surface area (Å²) in [6.45, 7) is 3.18. The smallest absolute Gasteiger partial charge is 0.217 e. The highest BCUT2D eigenvalue weighted by Crippen LogP contribution is 2.34. The number of nitrogens with zero attached hydrogens (tertiary/aromatic N) is 1. The molecule has 1 amide bonds. The van der Waals surface area contributed by atoms with E-state index in [4.69, 9.17) is 8.37 Å². The molecule has 5 atom stereocenters. The van der Waals surface area contributed by atoms with E-state index in [1.165, 1.54) is 12.5 Å². The van der Waals surface area contributed by atoms with Gasteiger partial charge in [-0.1, -0.05) is 30.3 Å². The van der Waals surface area contributed by atoms with Crippen LogP contribution in [0.1, 0.15) is 12.5 Å². The largest absolute Gasteiger partial charge is 0.388 e. The summed E-state index contributed by atoms with van der Waals surface area (Å²) in [6.07, 6.45) is -1.18. The molecule has 2 aliphatic heterocycles. The van der Waals surface area contributed by atoms with Crippen LogP contribution in [-0.4, -0.2) is 59.2 Å². The van der Waals surface area contributed by atoms with Crippen molar-refractivity contribution < 1.29 is 18.3 Å². The van der Waals surface area contributed by atoms with E-state index >= 15 is 0 Å². The Balaban J connectivity index is 1.81. The number of likely N-dealkylation sites (tertiary alicyclic amines) is 1. The quantitative estimate of drug-likeness (QED) is 0.793. The van der Waals surface area contributed by atoms with Crippen LogP contribution in [0.3, 0.4) is 0 Å². The molecular formula is C16H22N2O4S. The van der Waals surface area contributed by atoms with Gasteiger partial charge in [0.25, 0.3) is 0 Å². The number of rotatable bonds is 3. The summed E-state index contributed by atoms with van der Waals surface area (Å²) in [5.74, 6) is 3.62. The molecular weight excluding hydrogens is 316 g/mol. The second kappa shape index (κ2) is 7.11. The van der Waals surface area contributed by atoms with E-state index in [0.29, 0.717) is 19.7 Å². The molecule has 1 unspecified atom stereocenters. The van der Waals surface area contributed by atoms with Crippen molar-refractivity contribution >= 4 is 22.8 Å². The van der Waals surface area contributed by atoms with Crippen molar-refractivity contribution in [3.05, 3.63) is 35.9 Å². The molecule has 0 radical (unpaired) electrons. The van der Waals surface area contributed by atoms with Crippen LogP contribution in [0.2, 0.25) is 0 Å². The van der Waals surface area contributed by atoms with E-state index in [1.54, 1.807) is 0 Å². The predicted octanol–water partition coefficient (Wildman–Crippen LogP) is 0.683. The van der Waals surface area contributed by atoms with Gasteiger partial charge in [-0.15, -0.1) is 0 Å². The third-order valence-electron chi connectivity index (χ3n) is 4.23. The zero-order valence-corrected chi connectivity index (χ0v) is 13.9. The van der Waals surface area contributed by atoms with Crippen LogP contribution in [-0.2, 0) is 19.7 Å². The molecule has 0 saturated carbocycles. The van der Waals surface area contributed by atoms with Gasteiger partial charge in [0.1, 0.15) is 12.2 Å². The molecule has 0 aliphatic carbocycles. The maximum Gasteiger partial charge on any atom is 0.217 e. The number of aliphatic hydroxyl groups excluding tert-OH is 1. The minimum Gasteiger partial charge on any atom is -0.388 e. The number of hydrogen-bond donors (Lipinski definition) is 2. The molecule has 126 valence electrons. The lowest BCUT2D eigenvalue weighted by molar-refractivity contribution is -0.128. The monoisotopic (exact) mass is 338 g/mol. The zero-order chi connectivity index (χ0) is 16.4. The summed E-state index contributed by atoms with van der Waals surface area (Å²) in [7, 11) is 0. The van der Waals surface area contributed by atoms with Crippen LogP contribution >= 0.6 is 11.0 Å². The topological polar surface area (TPSA) is 71.0 Å². The Labute approximate surface area is 138 Å². The van der Waals surface area contributed by atoms with E-state index in [0.717, 1.165) is 0 Å². The van der Waals surface area contributed by atoms with Gasteiger partial charge in [-0.25, -0.2) is 0 Å². The summed E-state index contributed by atoms with van der Waals surface area (Å²) >= 11 is -0.868. The minimum atomic E-state index is -0.868. The fourth-order valence-corrected chi connectivity index (χ4v) is 4.01. The number of benzene rings is 1. The van der Waals surface area contributed by atoms with Crippen molar-refractivity contribution in [3.63, 3.8) is 0 Å². The maximum atomic E-state index is 11.4. The lowest BCUT2D eigenvalue weighted by Gasteiger charge is -2.49. The van der Waals surface area contributed by atoms with Crippen LogP contribution in [0.5, 0.6) is 0 Å². The van der Waals surface area contributed by atoms with Crippen molar-refractivity contribution in [1.82, 2.24) is 10.2 Å². The van der Waals surface area contributed by atoms with Gasteiger partial charge in [-0.2, -0.15) is 0 Å². The highest BCUT2D eigenvalue weighted by Gasteiger charge is 2.46. The first kappa shape index (κ1) is 16.6. The molecule has 7 heteroatoms. The van der Waals surface area contributed by atoms with Gasteiger partial charge in [0.15, 0.2) is 0 Å². The molecule has 1 aromatic carbocycles. The van der Waals surface area contributed by atoms with Gasteiger partial charge < -0.3 is 10.4 Å². The molecule has 1 aromatic rings. The number of nitrogens with one attached hydrogen (secondary N) is 1. The second-order valence-electron chi connectivity index (χ2n) is 5.93. The highest BCUT2D eigenvalue weighted by atomic mass is 32.2. The van der Waals surface area contributed by atoms with Crippen molar-refractivity contribution in [2.45, 2.75) is 37.8 Å². The first-order chi connectivity index (χ1) is 11.0. The van der Waals surface area contributed by atoms with Gasteiger partial charge in [-0.05, 0) is 11.4 Å². The molecule has 2 heterocycles. The van der Waals surface area contributed by atoms with Crippen LogP contribution in [0, 0.1) is 0 Å². The highest BCUT2D eigenvalue weighted by molar-refractivity contribution is 8.05. The Morgan fingerprint density at radius 2 is 2.22 bits per heavy atom. The number of piperidine rings is 1. The van der Waals surface area contributed by atoms with Crippen LogP contribution in [0.15, 0.2) is 30.3 Å². The average molecular weight is 338 g/mol. The Hall–Kier alpha value is -1.25. The predicted molar refractivity (Wildman–Crippen MR) is 89.8 cm³/mol. The first-order valence-electron chi connectivity index (χ1n) is 7.62. The van der Waals surface area contributed by atoms with Gasteiger partial charge in [-0.3, -0.25) is 18.1 Å². The maximum absolute atomic E-state index is 11.4. The molecule has 0 bridgehead atoms. The van der Waals surface area contributed by atoms with Crippen LogP contribution in [0.25, 0.3) is 0 Å². The second-order valence-corrected chi connectivity index (χ2v) is 6.96. The van der Waals surface area contributed by atoms with Gasteiger partial charge in [0.2, 0.25) is 5.91 Å². The summed E-state index contributed by atoms with van der Waals surface area (Å²) in [5.41, 5.74) is 1.17. The van der Waals surface area contributed by atoms with Gasteiger partial charge in [0.05, 0.1) is 29.7 Å². The molecule has 3 rings (SSSR count). The average Bonchev–Trinajstić information content (AvgIpc) is 2.52. The van der Waals surface area contributed by atoms with Crippen molar-refractivity contribution in [2.75, 3.05) is 13.2 Å². The Bertz CT molecular complexity index is 583. The standard InChI is InChI=1S/C16H22N2O4S/c1-11(19)17-13-9-18(8-12-6-4-3-5-7-12)14-10-21-23(2)22-16(14)15(13)20/h3-7,13-16,20H,2,8-10H2,1H3,(H,17,19)/t13-,14+,15+,16+,23?/m0/s1. The van der Waals surface area contributed by atoms with E-state index in [-0.39, 0.29) is 18.0 Å². The summed E-state index contributed by atoms with van der Waals surface area (Å²) < 4.78 is 11.3. The molecule has 0 spiro atoms. The normalized spacial score (nSPS) is 34.6. The minimum absolute atomic E-state index is 0.0549. The Morgan fingerprint density at radius 3 is 2.91 bits per heavy atom. The molecule has 6 nitrogen and oxygen atoms in total. The number of fused-ring (bicyclic) bond motifs is 1. The first-order valence-corrected chi connectivity index (χ1v) is 8.86. The third-order valence-corrected chi connectivity index (χ3v) is 5.07. The molecule has 2 N–H and O–H groups in total. The van der Waals surface area contributed by atoms with E-state index < -0.39 is 23.3 Å². The van der Waals surface area contributed by atoms with Gasteiger partial charge in [0, 0.05) is 20.0 Å². The lowest BCUT2D eigenvalue weighted by Crippen LogP contribution is -2.67. The van der Waals surface area contributed by atoms with E-state index in [1.807, 2.05) is 18.2 Å². The number of hydrogen-bond acceptors (Lipinski definition) is 5. The third kappa shape index (κ3) is 3.81. The molecule has 23 heavy (non-hydrogen) atoms.